The highest BCUT2D eigenvalue weighted by Gasteiger charge is 2.34. The van der Waals surface area contributed by atoms with Crippen LogP contribution in [-0.2, 0) is 14.4 Å². The average molecular weight is 173 g/mol. The molecule has 6 heteroatoms. The molecule has 0 atom stereocenters. The van der Waals surface area contributed by atoms with E-state index in [0.29, 0.717) is 0 Å². The number of rotatable bonds is 4. The Morgan fingerprint density at radius 2 is 1.17 bits per heavy atom. The Labute approximate surface area is 66.7 Å². The topological polar surface area (TPSA) is 112 Å². The fourth-order valence-corrected chi connectivity index (χ4v) is 0.457. The fourth-order valence-electron chi connectivity index (χ4n) is 0.457. The molecule has 0 heterocycles. The van der Waals surface area contributed by atoms with Crippen LogP contribution in [0.1, 0.15) is 0 Å². The summed E-state index contributed by atoms with van der Waals surface area (Å²) in [5.74, 6) is -6.55. The van der Waals surface area contributed by atoms with Crippen LogP contribution in [0, 0.1) is 5.92 Å². The predicted molar refractivity (Wildman–Crippen MR) is 35.3 cm³/mol. The minimum absolute atomic E-state index is 0.949. The molecule has 0 aromatic carbocycles. The SMILES string of the molecule is C=C([C](C(=O)O)C(=O)O)C(=O)O. The Morgan fingerprint density at radius 3 is 1.25 bits per heavy atom. The van der Waals surface area contributed by atoms with E-state index >= 15 is 0 Å². The Kier molecular flexibility index (Phi) is 2.97. The summed E-state index contributed by atoms with van der Waals surface area (Å²) in [4.78, 5) is 30.4. The first-order valence-corrected chi connectivity index (χ1v) is 2.64. The molecule has 1 radical (unpaired) electrons. The van der Waals surface area contributed by atoms with Crippen LogP contribution in [0.4, 0.5) is 0 Å². The molecule has 12 heavy (non-hydrogen) atoms. The maximum atomic E-state index is 10.1. The number of carbonyl (C=O) groups is 3. The lowest BCUT2D eigenvalue weighted by atomic mass is 10.0. The van der Waals surface area contributed by atoms with Gasteiger partial charge in [0, 0.05) is 0 Å². The van der Waals surface area contributed by atoms with Crippen molar-refractivity contribution in [2.75, 3.05) is 0 Å². The van der Waals surface area contributed by atoms with Gasteiger partial charge in [0.2, 0.25) is 5.92 Å². The van der Waals surface area contributed by atoms with E-state index in [0.717, 1.165) is 0 Å². The molecule has 0 aromatic rings. The minimum Gasteiger partial charge on any atom is -0.480 e. The summed E-state index contributed by atoms with van der Waals surface area (Å²) in [6.45, 7) is 2.80. The maximum absolute atomic E-state index is 10.1. The average Bonchev–Trinajstić information content (AvgIpc) is 1.85. The molecule has 0 bridgehead atoms. The summed E-state index contributed by atoms with van der Waals surface area (Å²) >= 11 is 0. The largest absolute Gasteiger partial charge is 0.480 e. The van der Waals surface area contributed by atoms with Crippen LogP contribution in [-0.4, -0.2) is 33.2 Å². The summed E-state index contributed by atoms with van der Waals surface area (Å²) in [5, 5.41) is 24.6. The summed E-state index contributed by atoms with van der Waals surface area (Å²) in [6, 6.07) is 0. The van der Waals surface area contributed by atoms with Crippen molar-refractivity contribution in [3.63, 3.8) is 0 Å². The summed E-state index contributed by atoms with van der Waals surface area (Å²) in [7, 11) is 0. The van der Waals surface area contributed by atoms with Gasteiger partial charge in [-0.2, -0.15) is 0 Å². The van der Waals surface area contributed by atoms with E-state index in [-0.39, 0.29) is 0 Å². The van der Waals surface area contributed by atoms with Crippen LogP contribution in [0.5, 0.6) is 0 Å². The first-order valence-electron chi connectivity index (χ1n) is 2.64. The van der Waals surface area contributed by atoms with Crippen molar-refractivity contribution >= 4 is 17.9 Å². The Morgan fingerprint density at radius 1 is 0.833 bits per heavy atom. The molecule has 0 spiro atoms. The van der Waals surface area contributed by atoms with Crippen LogP contribution in [0.15, 0.2) is 12.2 Å². The molecule has 0 saturated heterocycles. The van der Waals surface area contributed by atoms with Crippen LogP contribution in [0.25, 0.3) is 0 Å². The molecule has 0 aliphatic rings. The second-order valence-electron chi connectivity index (χ2n) is 1.77. The second kappa shape index (κ2) is 3.51. The highest BCUT2D eigenvalue weighted by Crippen LogP contribution is 2.12. The van der Waals surface area contributed by atoms with E-state index in [1.807, 2.05) is 0 Å². The smallest absolute Gasteiger partial charge is 0.332 e. The standard InChI is InChI=1S/C6H5O6/c1-2(4(7)8)3(5(9)10)6(11)12/h1H2,(H,7,8)(H,9,10)(H,11,12). The third kappa shape index (κ3) is 2.08. The van der Waals surface area contributed by atoms with Gasteiger partial charge in [0.05, 0.1) is 5.57 Å². The van der Waals surface area contributed by atoms with Crippen LogP contribution in [0.2, 0.25) is 0 Å². The lowest BCUT2D eigenvalue weighted by Gasteiger charge is -2.03. The van der Waals surface area contributed by atoms with Crippen LogP contribution in [0.3, 0.4) is 0 Å². The number of aliphatic carboxylic acids is 3. The van der Waals surface area contributed by atoms with Crippen LogP contribution < -0.4 is 0 Å². The molecule has 0 fully saturated rings. The van der Waals surface area contributed by atoms with Gasteiger partial charge in [-0.1, -0.05) is 6.58 Å². The molecule has 0 aliphatic heterocycles. The predicted octanol–water partition coefficient (Wildman–Crippen LogP) is -0.629. The van der Waals surface area contributed by atoms with E-state index < -0.39 is 29.4 Å². The van der Waals surface area contributed by atoms with Gasteiger partial charge < -0.3 is 15.3 Å². The van der Waals surface area contributed by atoms with Gasteiger partial charge in [0.1, 0.15) is 0 Å². The molecular weight excluding hydrogens is 168 g/mol. The van der Waals surface area contributed by atoms with Gasteiger partial charge in [-0.25, -0.2) is 4.79 Å². The molecule has 3 N–H and O–H groups in total. The Balaban J connectivity index is 4.76. The molecular formula is C6H5O6. The normalized spacial score (nSPS) is 9.42. The van der Waals surface area contributed by atoms with Gasteiger partial charge in [0.15, 0.2) is 0 Å². The third-order valence-corrected chi connectivity index (χ3v) is 0.988. The van der Waals surface area contributed by atoms with E-state index in [1.165, 1.54) is 0 Å². The molecule has 6 nitrogen and oxygen atoms in total. The van der Waals surface area contributed by atoms with Crippen molar-refractivity contribution in [3.05, 3.63) is 18.1 Å². The Bertz CT molecular complexity index is 239. The number of carboxylic acid groups (broad SMARTS) is 3. The van der Waals surface area contributed by atoms with Crippen LogP contribution >= 0.6 is 0 Å². The van der Waals surface area contributed by atoms with Crippen molar-refractivity contribution in [2.24, 2.45) is 0 Å². The summed E-state index contributed by atoms with van der Waals surface area (Å²) in [5.41, 5.74) is -0.949. The van der Waals surface area contributed by atoms with Gasteiger partial charge in [0.25, 0.3) is 0 Å². The summed E-state index contributed by atoms with van der Waals surface area (Å²) < 4.78 is 0. The van der Waals surface area contributed by atoms with E-state index in [9.17, 15) is 14.4 Å². The molecule has 65 valence electrons. The van der Waals surface area contributed by atoms with Crippen molar-refractivity contribution in [1.82, 2.24) is 0 Å². The molecule has 0 aliphatic carbocycles. The van der Waals surface area contributed by atoms with E-state index in [1.54, 1.807) is 0 Å². The van der Waals surface area contributed by atoms with E-state index in [2.05, 4.69) is 6.58 Å². The highest BCUT2D eigenvalue weighted by molar-refractivity contribution is 6.18. The highest BCUT2D eigenvalue weighted by atomic mass is 16.4. The number of carboxylic acids is 3. The van der Waals surface area contributed by atoms with Gasteiger partial charge in [-0.3, -0.25) is 9.59 Å². The van der Waals surface area contributed by atoms with Crippen molar-refractivity contribution in [3.8, 4) is 0 Å². The number of hydrogen-bond donors (Lipinski definition) is 3. The molecule has 0 amide bonds. The third-order valence-electron chi connectivity index (χ3n) is 0.988. The molecule has 0 saturated carbocycles. The van der Waals surface area contributed by atoms with Gasteiger partial charge >= 0.3 is 17.9 Å². The van der Waals surface area contributed by atoms with Gasteiger partial charge in [-0.05, 0) is 0 Å². The minimum atomic E-state index is -1.82. The maximum Gasteiger partial charge on any atom is 0.332 e. The quantitative estimate of drug-likeness (QED) is 0.385. The van der Waals surface area contributed by atoms with Crippen molar-refractivity contribution in [1.29, 1.82) is 0 Å². The molecule has 0 rings (SSSR count). The monoisotopic (exact) mass is 173 g/mol. The summed E-state index contributed by atoms with van der Waals surface area (Å²) in [6.07, 6.45) is 0. The van der Waals surface area contributed by atoms with E-state index in [4.69, 9.17) is 15.3 Å². The zero-order valence-corrected chi connectivity index (χ0v) is 5.77. The second-order valence-corrected chi connectivity index (χ2v) is 1.77. The lowest BCUT2D eigenvalue weighted by molar-refractivity contribution is -0.145. The van der Waals surface area contributed by atoms with Crippen molar-refractivity contribution < 1.29 is 29.7 Å². The first kappa shape index (κ1) is 10.2. The van der Waals surface area contributed by atoms with Crippen molar-refractivity contribution in [2.45, 2.75) is 0 Å². The molecule has 0 aromatic heterocycles. The fraction of sp³-hybridized carbons (Fsp3) is 0. The first-order chi connectivity index (χ1) is 5.37. The molecule has 0 unspecified atom stereocenters. The number of hydrogen-bond acceptors (Lipinski definition) is 3. The zero-order valence-electron chi connectivity index (χ0n) is 5.77. The zero-order chi connectivity index (χ0) is 9.89. The van der Waals surface area contributed by atoms with Gasteiger partial charge in [-0.15, -0.1) is 0 Å². The Hall–Kier alpha value is -1.85. The lowest BCUT2D eigenvalue weighted by Crippen LogP contribution is -2.26.